The van der Waals surface area contributed by atoms with Gasteiger partial charge in [0.1, 0.15) is 69.4 Å². The molecule has 142 heavy (non-hydrogen) atoms. The number of hydrogen-bond donors (Lipinski definition) is 0. The van der Waals surface area contributed by atoms with Crippen LogP contribution in [0.25, 0.3) is 77.2 Å². The summed E-state index contributed by atoms with van der Waals surface area (Å²) >= 11 is 3.34. The van der Waals surface area contributed by atoms with Crippen LogP contribution in [-0.4, -0.2) is 45.8 Å². The number of rotatable bonds is 9. The fraction of sp³-hybridized carbons (Fsp3) is 0.237. The Kier molecular flexibility index (Phi) is 23.8. The van der Waals surface area contributed by atoms with Gasteiger partial charge < -0.3 is 55.7 Å². The van der Waals surface area contributed by atoms with E-state index in [1.54, 1.807) is 48.5 Å². The molecule has 0 amide bonds. The molecular weight excluding hydrogens is 1910 g/mol. The predicted octanol–water partition coefficient (Wildman–Crippen LogP) is 27.2. The summed E-state index contributed by atoms with van der Waals surface area (Å²) < 4.78 is 182. The molecule has 7 heterocycles. The van der Waals surface area contributed by atoms with Crippen LogP contribution in [0.1, 0.15) is 161 Å². The van der Waals surface area contributed by atoms with E-state index < -0.39 is 93.0 Å². The van der Waals surface area contributed by atoms with Crippen LogP contribution in [0.15, 0.2) is 296 Å². The number of halogens is 7. The number of aromatic nitrogens is 2. The molecule has 24 heteroatoms. The zero-order valence-corrected chi connectivity index (χ0v) is 87.1. The first-order valence-electron chi connectivity index (χ1n) is 47.6. The number of fused-ring (bicyclic) bond motifs is 12. The molecule has 0 spiro atoms. The van der Waals surface area contributed by atoms with Crippen LogP contribution < -0.4 is 72.9 Å². The molecule has 12 nitrogen and oxygen atoms in total. The van der Waals surface area contributed by atoms with Gasteiger partial charge in [-0.3, -0.25) is 0 Å². The average molecular weight is 2020 g/mol. The van der Waals surface area contributed by atoms with Gasteiger partial charge in [0.15, 0.2) is 21.4 Å². The maximum Gasteiger partial charge on any atom is 0.494 e. The maximum absolute atomic E-state index is 15.6. The van der Waals surface area contributed by atoms with Crippen molar-refractivity contribution in [2.24, 2.45) is 0 Å². The molecule has 2 fully saturated rings. The molecule has 22 rings (SSSR count). The van der Waals surface area contributed by atoms with Crippen molar-refractivity contribution < 1.29 is 72.9 Å². The van der Waals surface area contributed by atoms with Crippen LogP contribution in [0.4, 0.5) is 26.3 Å². The lowest BCUT2D eigenvalue weighted by atomic mass is 9.71. The van der Waals surface area contributed by atoms with Crippen molar-refractivity contribution in [3.05, 3.63) is 353 Å². The third-order valence-corrected chi connectivity index (χ3v) is 38.8. The molecule has 0 N–H and O–H groups in total. The SMILES string of the molecule is CC(C)(C)c1ccc2c(c1)c1cc(C(C)(C)C)ccc1n2-c1cc(-c2ccc(P3(=O)c4cc(F)ccc4Oc4ccc(F)cc43)cc2)cc(-c2ccc(P3(=O)c4cc(F)ccc4Oc4ccc(F)cc43)cc2)c1.CC(C)(C)c1ccc2c(c1)c1cc(C(C)(C)C)ccc1n2-c1cc(B2OC(C)(C)C(C)(C)O2)cc(B2OC(C)(C)C(C)(C)O2)c1.O=P1(c2ccc(Br)cc2)c2cc(F)ccc2Oc2ccc(F)cc21. The highest BCUT2D eigenvalue weighted by Gasteiger charge is 2.55. The van der Waals surface area contributed by atoms with Crippen molar-refractivity contribution in [2.75, 3.05) is 0 Å². The average Bonchev–Trinajstić information content (AvgIpc) is 1.49. The van der Waals surface area contributed by atoms with E-state index in [1.165, 1.54) is 142 Å². The zero-order chi connectivity index (χ0) is 101. The van der Waals surface area contributed by atoms with E-state index in [0.717, 1.165) is 81.9 Å². The van der Waals surface area contributed by atoms with Crippen LogP contribution in [0.5, 0.6) is 34.5 Å². The Bertz CT molecular complexity index is 7650. The van der Waals surface area contributed by atoms with E-state index >= 15 is 9.13 Å². The number of benzene rings is 15. The summed E-state index contributed by atoms with van der Waals surface area (Å²) in [6.07, 6.45) is 0. The Labute approximate surface area is 833 Å². The number of hydrogen-bond acceptors (Lipinski definition) is 10. The lowest BCUT2D eigenvalue weighted by molar-refractivity contribution is 0.00578. The second-order valence-electron chi connectivity index (χ2n) is 43.8. The topological polar surface area (TPSA) is 126 Å². The Morgan fingerprint density at radius 3 is 0.718 bits per heavy atom. The van der Waals surface area contributed by atoms with E-state index in [9.17, 15) is 30.9 Å². The van der Waals surface area contributed by atoms with Crippen molar-refractivity contribution >= 4 is 154 Å². The van der Waals surface area contributed by atoms with E-state index in [2.05, 4.69) is 273 Å². The van der Waals surface area contributed by atoms with Gasteiger partial charge in [-0.2, -0.15) is 0 Å². The Morgan fingerprint density at radius 1 is 0.261 bits per heavy atom. The third-order valence-electron chi connectivity index (χ3n) is 29.0. The summed E-state index contributed by atoms with van der Waals surface area (Å²) in [4.78, 5) is 0. The highest BCUT2D eigenvalue weighted by atomic mass is 79.9. The fourth-order valence-electron chi connectivity index (χ4n) is 19.5. The minimum absolute atomic E-state index is 0.0326. The smallest absolute Gasteiger partial charge is 0.456 e. The van der Waals surface area contributed by atoms with Crippen LogP contribution >= 0.6 is 37.4 Å². The molecule has 5 aliphatic heterocycles. The molecule has 2 aromatic heterocycles. The standard InChI is InChI=1S/C62H47F4NO4P2.C38H51B2NO4.C18H10BrF2O2P/c1-61(2,3)40-11-21-51-49(30-40)50-31-41(62(4,5)6)12-22-52(50)67(51)46-28-38(36-7-17-47(18-8-36)72(68)57-32-42(63)13-23-53(57)70-54-24-14-43(64)33-58(54)72)27-39(29-46)37-9-19-48(20-10-37)73(69)59-34-44(65)15-25-55(59)71-56-26-16-45(66)35-60(56)73;1-33(2,3)24-15-17-31-29(19-24)30-20-25(34(4,5)6)16-18-32(30)41(31)28-22-26(39-42-35(7,8)36(9,10)43-39)21-27(23-28)40-44-37(11,12)38(13,14)45-40;19-11-1-5-14(6-2-11)24(22)17-9-12(20)3-7-15(17)23-16-8-4-13(21)10-18(16)24/h7-35H,1-6H3;15-23H,1-14H3;1-10H. The molecule has 720 valence electrons. The largest absolute Gasteiger partial charge is 0.494 e. The highest BCUT2D eigenvalue weighted by Crippen LogP contribution is 2.57. The minimum atomic E-state index is -3.85. The lowest BCUT2D eigenvalue weighted by Gasteiger charge is -2.32. The molecule has 0 bridgehead atoms. The first-order valence-corrected chi connectivity index (χ1v) is 53.5. The monoisotopic (exact) mass is 2020 g/mol. The summed E-state index contributed by atoms with van der Waals surface area (Å²) in [5, 5.41) is 7.03. The van der Waals surface area contributed by atoms with E-state index in [1.807, 2.05) is 24.3 Å². The molecule has 2 saturated heterocycles. The van der Waals surface area contributed by atoms with E-state index in [4.69, 9.17) is 32.8 Å². The van der Waals surface area contributed by atoms with Crippen molar-refractivity contribution in [3.63, 3.8) is 0 Å². The first kappa shape index (κ1) is 97.5. The van der Waals surface area contributed by atoms with Crippen LogP contribution in [-0.2, 0) is 54.0 Å². The molecule has 0 radical (unpaired) electrons. The zero-order valence-electron chi connectivity index (χ0n) is 82.8. The maximum atomic E-state index is 15.6. The van der Waals surface area contributed by atoms with Gasteiger partial charge in [0, 0.05) is 53.3 Å². The van der Waals surface area contributed by atoms with Gasteiger partial charge in [-0.15, -0.1) is 0 Å². The second-order valence-corrected chi connectivity index (χ2v) is 52.8. The predicted molar refractivity (Wildman–Crippen MR) is 571 cm³/mol. The van der Waals surface area contributed by atoms with Crippen molar-refractivity contribution in [2.45, 2.75) is 183 Å². The summed E-state index contributed by atoms with van der Waals surface area (Å²) in [7, 11) is -12.2. The Hall–Kier alpha value is -12.0. The van der Waals surface area contributed by atoms with Crippen molar-refractivity contribution in [1.82, 2.24) is 9.13 Å². The lowest BCUT2D eigenvalue weighted by Crippen LogP contribution is -2.41. The van der Waals surface area contributed by atoms with Crippen LogP contribution in [0, 0.1) is 34.9 Å². The first-order chi connectivity index (χ1) is 66.8. The van der Waals surface area contributed by atoms with Gasteiger partial charge in [0.2, 0.25) is 0 Å². The van der Waals surface area contributed by atoms with E-state index in [0.29, 0.717) is 27.4 Å². The fourth-order valence-corrected chi connectivity index (χ4v) is 28.3. The molecule has 17 aromatic rings. The van der Waals surface area contributed by atoms with Crippen molar-refractivity contribution in [3.8, 4) is 68.1 Å². The normalized spacial score (nSPS) is 16.5. The van der Waals surface area contributed by atoms with Gasteiger partial charge >= 0.3 is 14.2 Å². The quantitative estimate of drug-likeness (QED) is 0.0783. The molecule has 0 saturated carbocycles. The Balaban J connectivity index is 0.000000150. The van der Waals surface area contributed by atoms with Crippen molar-refractivity contribution in [1.29, 1.82) is 0 Å². The molecular formula is C118H108B2BrF6N2O10P3. The molecule has 15 aromatic carbocycles. The summed E-state index contributed by atoms with van der Waals surface area (Å²) in [5.74, 6) is -1.82. The molecule has 0 unspecified atom stereocenters. The van der Waals surface area contributed by atoms with Gasteiger partial charge in [0.25, 0.3) is 0 Å². The van der Waals surface area contributed by atoms with E-state index in [-0.39, 0.29) is 76.5 Å². The summed E-state index contributed by atoms with van der Waals surface area (Å²) in [5.41, 5.74) is 14.3. The highest BCUT2D eigenvalue weighted by molar-refractivity contribution is 9.10. The summed E-state index contributed by atoms with van der Waals surface area (Å²) in [6.45, 7) is 43.7. The van der Waals surface area contributed by atoms with Gasteiger partial charge in [-0.1, -0.05) is 178 Å². The molecule has 0 aliphatic carbocycles. The van der Waals surface area contributed by atoms with Gasteiger partial charge in [-0.05, 0) is 345 Å². The molecule has 5 aliphatic rings. The Morgan fingerprint density at radius 2 is 0.486 bits per heavy atom. The number of ether oxygens (including phenoxy) is 3. The van der Waals surface area contributed by atoms with Gasteiger partial charge in [-0.25, -0.2) is 26.3 Å². The van der Waals surface area contributed by atoms with Crippen LogP contribution in [0.2, 0.25) is 0 Å². The molecule has 0 atom stereocenters. The van der Waals surface area contributed by atoms with Gasteiger partial charge in [0.05, 0.1) is 76.3 Å². The second kappa shape index (κ2) is 34.7. The number of nitrogens with zero attached hydrogens (tertiary/aromatic N) is 2. The third kappa shape index (κ3) is 17.1. The minimum Gasteiger partial charge on any atom is -0.456 e. The summed E-state index contributed by atoms with van der Waals surface area (Å²) in [6, 6.07) is 84.8. The van der Waals surface area contributed by atoms with Crippen LogP contribution in [0.3, 0.4) is 0 Å².